The molecule has 0 aromatic carbocycles. The molecule has 19 heavy (non-hydrogen) atoms. The summed E-state index contributed by atoms with van der Waals surface area (Å²) >= 11 is 0. The van der Waals surface area contributed by atoms with Crippen LogP contribution in [0.25, 0.3) is 0 Å². The Balaban J connectivity index is 0.00000324. The van der Waals surface area contributed by atoms with Gasteiger partial charge < -0.3 is 16.0 Å². The van der Waals surface area contributed by atoms with Gasteiger partial charge in [-0.1, -0.05) is 13.8 Å². The Morgan fingerprint density at radius 2 is 2.00 bits per heavy atom. The van der Waals surface area contributed by atoms with Crippen LogP contribution in [-0.2, 0) is 4.79 Å². The number of carbonyl (C=O) groups excluding carboxylic acids is 1. The summed E-state index contributed by atoms with van der Waals surface area (Å²) in [6.07, 6.45) is 2.44. The van der Waals surface area contributed by atoms with Crippen LogP contribution >= 0.6 is 12.4 Å². The molecule has 4 nitrogen and oxygen atoms in total. The van der Waals surface area contributed by atoms with E-state index in [1.54, 1.807) is 0 Å². The van der Waals surface area contributed by atoms with Gasteiger partial charge >= 0.3 is 0 Å². The number of nitrogens with one attached hydrogen (secondary N) is 1. The highest BCUT2D eigenvalue weighted by Crippen LogP contribution is 2.17. The first kappa shape index (κ1) is 18.7. The molecule has 1 saturated heterocycles. The Morgan fingerprint density at radius 3 is 2.53 bits per heavy atom. The average molecular weight is 292 g/mol. The quantitative estimate of drug-likeness (QED) is 0.809. The molecule has 1 heterocycles. The van der Waals surface area contributed by atoms with Crippen LogP contribution in [0.3, 0.4) is 0 Å². The summed E-state index contributed by atoms with van der Waals surface area (Å²) in [5.74, 6) is 0.764. The van der Waals surface area contributed by atoms with Gasteiger partial charge in [-0.3, -0.25) is 4.79 Å². The second-order valence-corrected chi connectivity index (χ2v) is 6.11. The van der Waals surface area contributed by atoms with Crippen molar-refractivity contribution in [3.63, 3.8) is 0 Å². The number of carbonyl (C=O) groups is 1. The van der Waals surface area contributed by atoms with Gasteiger partial charge in [-0.25, -0.2) is 0 Å². The topological polar surface area (TPSA) is 58.4 Å². The highest BCUT2D eigenvalue weighted by Gasteiger charge is 2.23. The van der Waals surface area contributed by atoms with Gasteiger partial charge in [-0.05, 0) is 45.1 Å². The maximum absolute atomic E-state index is 11.8. The van der Waals surface area contributed by atoms with Crippen molar-refractivity contribution in [1.29, 1.82) is 0 Å². The van der Waals surface area contributed by atoms with Crippen molar-refractivity contribution in [2.45, 2.75) is 52.6 Å². The number of nitrogens with zero attached hydrogens (tertiary/aromatic N) is 1. The molecule has 0 aromatic rings. The standard InChI is InChI=1S/C14H29N3O.ClH/c1-10(2)13(15)14(18)16-8-12-6-5-7-17(9-12)11(3)4;/h10-13H,5-9,15H2,1-4H3,(H,16,18);1H/t12?,13-;/m0./s1. The molecule has 1 aliphatic heterocycles. The van der Waals surface area contributed by atoms with Gasteiger partial charge in [0.1, 0.15) is 0 Å². The first-order chi connectivity index (χ1) is 8.41. The van der Waals surface area contributed by atoms with Crippen LogP contribution in [0.4, 0.5) is 0 Å². The lowest BCUT2D eigenvalue weighted by atomic mass is 9.96. The fourth-order valence-electron chi connectivity index (χ4n) is 2.40. The first-order valence-electron chi connectivity index (χ1n) is 7.19. The lowest BCUT2D eigenvalue weighted by molar-refractivity contribution is -0.123. The monoisotopic (exact) mass is 291 g/mol. The maximum atomic E-state index is 11.8. The summed E-state index contributed by atoms with van der Waals surface area (Å²) in [5, 5.41) is 3.00. The third-order valence-electron chi connectivity index (χ3n) is 3.87. The molecular formula is C14H30ClN3O. The molecule has 1 amide bonds. The molecule has 1 aliphatic rings. The molecular weight excluding hydrogens is 262 g/mol. The second kappa shape index (κ2) is 8.77. The number of hydrogen-bond acceptors (Lipinski definition) is 3. The van der Waals surface area contributed by atoms with Crippen molar-refractivity contribution in [1.82, 2.24) is 10.2 Å². The third-order valence-corrected chi connectivity index (χ3v) is 3.87. The van der Waals surface area contributed by atoms with E-state index in [1.165, 1.54) is 19.4 Å². The van der Waals surface area contributed by atoms with E-state index in [9.17, 15) is 4.79 Å². The summed E-state index contributed by atoms with van der Waals surface area (Å²) < 4.78 is 0. The third kappa shape index (κ3) is 6.11. The fourth-order valence-corrected chi connectivity index (χ4v) is 2.40. The predicted octanol–water partition coefficient (Wildman–Crippen LogP) is 1.63. The average Bonchev–Trinajstić information content (AvgIpc) is 2.35. The van der Waals surface area contributed by atoms with Gasteiger partial charge in [0.15, 0.2) is 0 Å². The van der Waals surface area contributed by atoms with E-state index in [-0.39, 0.29) is 30.3 Å². The molecule has 1 rings (SSSR count). The van der Waals surface area contributed by atoms with Gasteiger partial charge in [-0.2, -0.15) is 0 Å². The van der Waals surface area contributed by atoms with Gasteiger partial charge in [-0.15, -0.1) is 12.4 Å². The van der Waals surface area contributed by atoms with Crippen molar-refractivity contribution in [3.8, 4) is 0 Å². The maximum Gasteiger partial charge on any atom is 0.237 e. The van der Waals surface area contributed by atoms with Crippen molar-refractivity contribution in [2.75, 3.05) is 19.6 Å². The van der Waals surface area contributed by atoms with Crippen LogP contribution in [0.1, 0.15) is 40.5 Å². The van der Waals surface area contributed by atoms with Crippen molar-refractivity contribution >= 4 is 18.3 Å². The lowest BCUT2D eigenvalue weighted by Gasteiger charge is -2.35. The predicted molar refractivity (Wildman–Crippen MR) is 82.5 cm³/mol. The first-order valence-corrected chi connectivity index (χ1v) is 7.19. The number of piperidine rings is 1. The molecule has 114 valence electrons. The number of rotatable bonds is 5. The number of halogens is 1. The van der Waals surface area contributed by atoms with Crippen molar-refractivity contribution in [2.24, 2.45) is 17.6 Å². The molecule has 0 radical (unpaired) electrons. The smallest absolute Gasteiger partial charge is 0.237 e. The highest BCUT2D eigenvalue weighted by atomic mass is 35.5. The van der Waals surface area contributed by atoms with Crippen LogP contribution in [0.15, 0.2) is 0 Å². The summed E-state index contributed by atoms with van der Waals surface area (Å²) in [4.78, 5) is 14.3. The van der Waals surface area contributed by atoms with Crippen LogP contribution < -0.4 is 11.1 Å². The molecule has 0 aromatic heterocycles. The Bertz CT molecular complexity index is 271. The van der Waals surface area contributed by atoms with Gasteiger partial charge in [0.2, 0.25) is 5.91 Å². The highest BCUT2D eigenvalue weighted by molar-refractivity contribution is 5.85. The zero-order valence-electron chi connectivity index (χ0n) is 12.7. The zero-order chi connectivity index (χ0) is 13.7. The molecule has 0 bridgehead atoms. The summed E-state index contributed by atoms with van der Waals surface area (Å²) in [7, 11) is 0. The van der Waals surface area contributed by atoms with Gasteiger partial charge in [0.05, 0.1) is 6.04 Å². The molecule has 0 spiro atoms. The van der Waals surface area contributed by atoms with Crippen LogP contribution in [-0.4, -0.2) is 42.5 Å². The largest absolute Gasteiger partial charge is 0.354 e. The van der Waals surface area contributed by atoms with Crippen molar-refractivity contribution < 1.29 is 4.79 Å². The summed E-state index contributed by atoms with van der Waals surface area (Å²) in [6, 6.07) is 0.219. The van der Waals surface area contributed by atoms with E-state index in [0.717, 1.165) is 13.1 Å². The number of hydrogen-bond donors (Lipinski definition) is 2. The molecule has 2 atom stereocenters. The SMILES string of the molecule is CC(C)[C@H](N)C(=O)NCC1CCCN(C(C)C)C1.Cl. The van der Waals surface area contributed by atoms with Crippen LogP contribution in [0, 0.1) is 11.8 Å². The fraction of sp³-hybridized carbons (Fsp3) is 0.929. The minimum Gasteiger partial charge on any atom is -0.354 e. The van der Waals surface area contributed by atoms with Crippen LogP contribution in [0.5, 0.6) is 0 Å². The summed E-state index contributed by atoms with van der Waals surface area (Å²) in [6.45, 7) is 11.5. The van der Waals surface area contributed by atoms with Crippen molar-refractivity contribution in [3.05, 3.63) is 0 Å². The van der Waals surface area contributed by atoms with Crippen LogP contribution in [0.2, 0.25) is 0 Å². The molecule has 0 aliphatic carbocycles. The zero-order valence-corrected chi connectivity index (χ0v) is 13.5. The normalized spacial score (nSPS) is 22.2. The number of amides is 1. The molecule has 5 heteroatoms. The van der Waals surface area contributed by atoms with E-state index in [4.69, 9.17) is 5.73 Å². The van der Waals surface area contributed by atoms with Gasteiger partial charge in [0, 0.05) is 19.1 Å². The Kier molecular flexibility index (Phi) is 8.62. The van der Waals surface area contributed by atoms with E-state index in [1.807, 2.05) is 13.8 Å². The van der Waals surface area contributed by atoms with E-state index in [0.29, 0.717) is 12.0 Å². The van der Waals surface area contributed by atoms with E-state index < -0.39 is 0 Å². The van der Waals surface area contributed by atoms with E-state index in [2.05, 4.69) is 24.1 Å². The molecule has 0 saturated carbocycles. The molecule has 1 unspecified atom stereocenters. The Labute approximate surface area is 123 Å². The molecule has 3 N–H and O–H groups in total. The van der Waals surface area contributed by atoms with Gasteiger partial charge in [0.25, 0.3) is 0 Å². The Morgan fingerprint density at radius 1 is 1.37 bits per heavy atom. The lowest BCUT2D eigenvalue weighted by Crippen LogP contribution is -2.48. The van der Waals surface area contributed by atoms with E-state index >= 15 is 0 Å². The minimum atomic E-state index is -0.380. The summed E-state index contributed by atoms with van der Waals surface area (Å²) in [5.41, 5.74) is 5.83. The number of nitrogens with two attached hydrogens (primary N) is 1. The number of likely N-dealkylation sites (tertiary alicyclic amines) is 1. The Hall–Kier alpha value is -0.320. The molecule has 1 fully saturated rings. The minimum absolute atomic E-state index is 0. The second-order valence-electron chi connectivity index (χ2n) is 6.11.